The Morgan fingerprint density at radius 3 is 2.85 bits per heavy atom. The number of rotatable bonds is 5. The van der Waals surface area contributed by atoms with Gasteiger partial charge in [0.15, 0.2) is 0 Å². The minimum Gasteiger partial charge on any atom is -0.486 e. The topological polar surface area (TPSA) is 81.0 Å². The second kappa shape index (κ2) is 6.34. The molecule has 0 aliphatic rings. The van der Waals surface area contributed by atoms with E-state index in [1.54, 1.807) is 0 Å². The van der Waals surface area contributed by atoms with Crippen molar-refractivity contribution < 1.29 is 4.74 Å². The Morgan fingerprint density at radius 2 is 2.15 bits per heavy atom. The summed E-state index contributed by atoms with van der Waals surface area (Å²) >= 11 is 0. The molecular formula is C15H19N3O2. The molecule has 1 aromatic carbocycles. The van der Waals surface area contributed by atoms with Crippen molar-refractivity contribution in [1.82, 2.24) is 9.97 Å². The van der Waals surface area contributed by atoms with Crippen molar-refractivity contribution in [3.8, 4) is 5.75 Å². The Morgan fingerprint density at radius 1 is 1.35 bits per heavy atom. The van der Waals surface area contributed by atoms with Gasteiger partial charge in [0, 0.05) is 12.6 Å². The Bertz CT molecular complexity index is 635. The number of hydrogen-bond donors (Lipinski definition) is 2. The lowest BCUT2D eigenvalue weighted by Gasteiger charge is -2.10. The highest BCUT2D eigenvalue weighted by atomic mass is 16.5. The highest BCUT2D eigenvalue weighted by Gasteiger charge is 2.04. The zero-order valence-electron chi connectivity index (χ0n) is 11.7. The Hall–Kier alpha value is -2.14. The summed E-state index contributed by atoms with van der Waals surface area (Å²) in [6.07, 6.45) is 0. The van der Waals surface area contributed by atoms with E-state index >= 15 is 0 Å². The van der Waals surface area contributed by atoms with Crippen LogP contribution in [0.15, 0.2) is 35.1 Å². The van der Waals surface area contributed by atoms with Crippen LogP contribution in [-0.2, 0) is 13.2 Å². The Kier molecular flexibility index (Phi) is 4.53. The minimum absolute atomic E-state index is 0.213. The van der Waals surface area contributed by atoms with Gasteiger partial charge in [0.05, 0.1) is 5.69 Å². The number of hydrogen-bond acceptors (Lipinski definition) is 4. The zero-order chi connectivity index (χ0) is 14.5. The molecule has 0 spiro atoms. The first-order chi connectivity index (χ1) is 9.58. The molecule has 0 radical (unpaired) electrons. The normalized spacial score (nSPS) is 10.8. The van der Waals surface area contributed by atoms with Crippen molar-refractivity contribution in [1.29, 1.82) is 0 Å². The van der Waals surface area contributed by atoms with Crippen LogP contribution < -0.4 is 16.0 Å². The summed E-state index contributed by atoms with van der Waals surface area (Å²) in [6, 6.07) is 9.29. The molecule has 0 unspecified atom stereocenters. The van der Waals surface area contributed by atoms with Crippen molar-refractivity contribution in [2.24, 2.45) is 5.73 Å². The molecule has 0 fully saturated rings. The standard InChI is InChI=1S/C15H19N3O2/c1-10(2)11-4-3-5-13(6-11)20-9-14-17-12(8-16)7-15(19)18-14/h3-7,10H,8-9,16H2,1-2H3,(H,17,18,19). The van der Waals surface area contributed by atoms with Crippen molar-refractivity contribution in [3.05, 3.63) is 57.8 Å². The van der Waals surface area contributed by atoms with Gasteiger partial charge in [-0.3, -0.25) is 4.79 Å². The van der Waals surface area contributed by atoms with E-state index in [0.717, 1.165) is 5.75 Å². The number of aromatic nitrogens is 2. The van der Waals surface area contributed by atoms with Crippen LogP contribution in [0.25, 0.3) is 0 Å². The lowest BCUT2D eigenvalue weighted by molar-refractivity contribution is 0.294. The molecule has 0 aliphatic carbocycles. The van der Waals surface area contributed by atoms with Gasteiger partial charge in [-0.2, -0.15) is 0 Å². The van der Waals surface area contributed by atoms with Crippen LogP contribution >= 0.6 is 0 Å². The highest BCUT2D eigenvalue weighted by Crippen LogP contribution is 2.20. The minimum atomic E-state index is -0.213. The maximum atomic E-state index is 11.4. The number of nitrogens with zero attached hydrogens (tertiary/aromatic N) is 1. The number of H-pyrrole nitrogens is 1. The van der Waals surface area contributed by atoms with E-state index in [1.165, 1.54) is 11.6 Å². The molecule has 5 heteroatoms. The van der Waals surface area contributed by atoms with E-state index in [9.17, 15) is 4.79 Å². The van der Waals surface area contributed by atoms with Crippen LogP contribution in [0.5, 0.6) is 5.75 Å². The SMILES string of the molecule is CC(C)c1cccc(OCc2nc(CN)cc(=O)[nH]2)c1. The zero-order valence-corrected chi connectivity index (χ0v) is 11.7. The molecule has 0 amide bonds. The van der Waals surface area contributed by atoms with Gasteiger partial charge >= 0.3 is 0 Å². The highest BCUT2D eigenvalue weighted by molar-refractivity contribution is 5.30. The lowest BCUT2D eigenvalue weighted by Crippen LogP contribution is -2.16. The van der Waals surface area contributed by atoms with Crippen LogP contribution in [0.3, 0.4) is 0 Å². The van der Waals surface area contributed by atoms with Gasteiger partial charge in [0.25, 0.3) is 5.56 Å². The Balaban J connectivity index is 2.10. The van der Waals surface area contributed by atoms with Gasteiger partial charge < -0.3 is 15.5 Å². The van der Waals surface area contributed by atoms with Gasteiger partial charge in [-0.1, -0.05) is 26.0 Å². The van der Waals surface area contributed by atoms with Crippen molar-refractivity contribution in [2.45, 2.75) is 32.9 Å². The molecule has 2 rings (SSSR count). The first kappa shape index (κ1) is 14.3. The average Bonchev–Trinajstić information content (AvgIpc) is 2.44. The lowest BCUT2D eigenvalue weighted by atomic mass is 10.0. The summed E-state index contributed by atoms with van der Waals surface area (Å²) in [5.41, 5.74) is 7.05. The summed E-state index contributed by atoms with van der Waals surface area (Å²) in [6.45, 7) is 4.70. The average molecular weight is 273 g/mol. The quantitative estimate of drug-likeness (QED) is 0.872. The molecular weight excluding hydrogens is 254 g/mol. The molecule has 0 aliphatic heterocycles. The van der Waals surface area contributed by atoms with E-state index in [-0.39, 0.29) is 18.7 Å². The maximum Gasteiger partial charge on any atom is 0.251 e. The monoisotopic (exact) mass is 273 g/mol. The van der Waals surface area contributed by atoms with Crippen molar-refractivity contribution in [2.75, 3.05) is 0 Å². The molecule has 20 heavy (non-hydrogen) atoms. The van der Waals surface area contributed by atoms with Crippen molar-refractivity contribution >= 4 is 0 Å². The third-order valence-corrected chi connectivity index (χ3v) is 2.95. The fourth-order valence-corrected chi connectivity index (χ4v) is 1.85. The second-order valence-corrected chi connectivity index (χ2v) is 4.90. The molecule has 0 atom stereocenters. The molecule has 106 valence electrons. The molecule has 3 N–H and O–H groups in total. The summed E-state index contributed by atoms with van der Waals surface area (Å²) in [7, 11) is 0. The van der Waals surface area contributed by atoms with Gasteiger partial charge in [0.1, 0.15) is 18.2 Å². The smallest absolute Gasteiger partial charge is 0.251 e. The van der Waals surface area contributed by atoms with E-state index in [1.807, 2.05) is 18.2 Å². The number of benzene rings is 1. The molecule has 1 aromatic heterocycles. The fraction of sp³-hybridized carbons (Fsp3) is 0.333. The third-order valence-electron chi connectivity index (χ3n) is 2.95. The number of nitrogens with one attached hydrogen (secondary N) is 1. The predicted octanol–water partition coefficient (Wildman–Crippen LogP) is 1.93. The molecule has 2 aromatic rings. The van der Waals surface area contributed by atoms with Crippen LogP contribution in [-0.4, -0.2) is 9.97 Å². The van der Waals surface area contributed by atoms with Gasteiger partial charge in [0.2, 0.25) is 0 Å². The van der Waals surface area contributed by atoms with Crippen LogP contribution in [0.1, 0.15) is 36.8 Å². The second-order valence-electron chi connectivity index (χ2n) is 4.90. The van der Waals surface area contributed by atoms with Crippen molar-refractivity contribution in [3.63, 3.8) is 0 Å². The molecule has 0 bridgehead atoms. The maximum absolute atomic E-state index is 11.4. The van der Waals surface area contributed by atoms with Gasteiger partial charge in [-0.05, 0) is 23.6 Å². The number of ether oxygens (including phenoxy) is 1. The van der Waals surface area contributed by atoms with Crippen LogP contribution in [0.2, 0.25) is 0 Å². The predicted molar refractivity (Wildman–Crippen MR) is 77.6 cm³/mol. The third kappa shape index (κ3) is 3.68. The summed E-state index contributed by atoms with van der Waals surface area (Å²) in [5, 5.41) is 0. The van der Waals surface area contributed by atoms with E-state index in [0.29, 0.717) is 17.4 Å². The van der Waals surface area contributed by atoms with Gasteiger partial charge in [-0.15, -0.1) is 0 Å². The number of aromatic amines is 1. The fourth-order valence-electron chi connectivity index (χ4n) is 1.85. The van der Waals surface area contributed by atoms with E-state index in [2.05, 4.69) is 29.9 Å². The molecule has 5 nitrogen and oxygen atoms in total. The van der Waals surface area contributed by atoms with E-state index in [4.69, 9.17) is 10.5 Å². The largest absolute Gasteiger partial charge is 0.486 e. The summed E-state index contributed by atoms with van der Waals surface area (Å²) < 4.78 is 5.66. The molecule has 0 saturated heterocycles. The molecule has 1 heterocycles. The first-order valence-electron chi connectivity index (χ1n) is 6.60. The van der Waals surface area contributed by atoms with Crippen LogP contribution in [0, 0.1) is 0 Å². The Labute approximate surface area is 117 Å². The van der Waals surface area contributed by atoms with Gasteiger partial charge in [-0.25, -0.2) is 4.98 Å². The summed E-state index contributed by atoms with van der Waals surface area (Å²) in [5.74, 6) is 1.68. The first-order valence-corrected chi connectivity index (χ1v) is 6.60. The van der Waals surface area contributed by atoms with E-state index < -0.39 is 0 Å². The molecule has 0 saturated carbocycles. The number of nitrogens with two attached hydrogens (primary N) is 1. The van der Waals surface area contributed by atoms with Crippen LogP contribution in [0.4, 0.5) is 0 Å². The summed E-state index contributed by atoms with van der Waals surface area (Å²) in [4.78, 5) is 18.3.